The van der Waals surface area contributed by atoms with E-state index in [1.165, 1.54) is 121 Å². The number of fused-ring (bicyclic) bond motifs is 1. The van der Waals surface area contributed by atoms with Crippen LogP contribution in [0.2, 0.25) is 0 Å². The first-order chi connectivity index (χ1) is 44.0. The zero-order valence-electron chi connectivity index (χ0n) is 62.6. The van der Waals surface area contributed by atoms with Gasteiger partial charge >= 0.3 is 5.97 Å². The van der Waals surface area contributed by atoms with Crippen molar-refractivity contribution in [3.8, 4) is 11.8 Å². The topological polar surface area (TPSA) is 205 Å². The van der Waals surface area contributed by atoms with E-state index < -0.39 is 0 Å². The largest absolute Gasteiger partial charge is 0.491 e. The van der Waals surface area contributed by atoms with Crippen LogP contribution in [0, 0.1) is 23.2 Å². The molecule has 9 N–H and O–H groups in total. The zero-order chi connectivity index (χ0) is 69.8. The Hall–Kier alpha value is -4.57. The number of ether oxygens (including phenoxy) is 2. The number of nitrogens with zero attached hydrogens (tertiary/aromatic N) is 7. The molecular weight excluding hydrogens is 1250 g/mol. The van der Waals surface area contributed by atoms with Gasteiger partial charge < -0.3 is 37.7 Å². The fourth-order valence-electron chi connectivity index (χ4n) is 13.2. The van der Waals surface area contributed by atoms with Gasteiger partial charge in [-0.15, -0.1) is 0 Å². The maximum atomic E-state index is 11.1. The second kappa shape index (κ2) is 59.7. The second-order valence-electron chi connectivity index (χ2n) is 29.3. The molecule has 0 aliphatic carbocycles. The number of likely N-dealkylation sites (tertiary alicyclic amines) is 4. The van der Waals surface area contributed by atoms with Crippen LogP contribution in [0.4, 0.5) is 0 Å². The minimum Gasteiger partial charge on any atom is -0.491 e. The fraction of sp³-hybridized carbons (Fsp3) is 0.733. The standard InChI is InChI=1S/C13H15N.C11H13N.C11H14O3.C10H22N2.2C9H20N2.C8H18N2.C7H16N2.8CH4/c1-10(2)9-13-12-6-4-3-5-11(12)7-8-14-13;1-9(2)7-10-5-3-4-6-11(10)8-12;1-8(2)14-10-6-4-9(5-7-10)11(12)13-3;1-8(2)12-7-5-6-9(12)10(3,4)11;1-7(2)11-6-4-5-9(11)8(3)10;1-8(2)11-6-4-3-5-9(11)7-10;1-7(2)10-5-3-4-8(10)6-9;1-7(2)9-5-3-8-4-6-9;;;;;;;;/h3-8,10H,9H2,1-2H3;3-6,9H,7H2,1-2H3;4-8H,1-3H3;8-9H,5-7,11H2,1-4H3;7-9H,4-6,10H2,1-3H3;8-9H,3-7,10H2,1-2H3;7-8H,3-6,9H2,1-2H3;7-8H,3-6H2,1-2H3;8*1H4. The minimum atomic E-state index is -0.332. The van der Waals surface area contributed by atoms with E-state index in [1.807, 2.05) is 44.3 Å². The van der Waals surface area contributed by atoms with Crippen LogP contribution in [0.25, 0.3) is 10.8 Å². The Labute approximate surface area is 628 Å². The first-order valence-corrected chi connectivity index (χ1v) is 36.1. The van der Waals surface area contributed by atoms with Crippen molar-refractivity contribution in [1.29, 1.82) is 5.26 Å². The minimum absolute atomic E-state index is 0. The number of rotatable bonds is 16. The SMILES string of the molecule is C.C.C.C.C.C.C.C.CC(C)Cc1ccccc1C#N.CC(C)Cc1nccc2ccccc12.CC(C)N1CCCC1C(C)(C)N.CC(C)N1CCCC1CN.CC(C)N1CCCCC1CN.CC(C)N1CCNCC1.CC(N)C1CCCN1C(C)C.COC(=O)c1ccc(OC(C)C)cc1. The number of benzene rings is 3. The summed E-state index contributed by atoms with van der Waals surface area (Å²) in [5.74, 6) is 1.70. The predicted molar refractivity (Wildman–Crippen MR) is 451 cm³/mol. The molecule has 0 amide bonds. The molecule has 5 unspecified atom stereocenters. The third-order valence-corrected chi connectivity index (χ3v) is 18.0. The van der Waals surface area contributed by atoms with Crippen molar-refractivity contribution in [2.24, 2.45) is 34.8 Å². The van der Waals surface area contributed by atoms with Gasteiger partial charge in [-0.2, -0.15) is 5.26 Å². The van der Waals surface area contributed by atoms with Gasteiger partial charge in [-0.25, -0.2) is 4.79 Å². The molecule has 0 radical (unpaired) electrons. The summed E-state index contributed by atoms with van der Waals surface area (Å²) in [7, 11) is 1.36. The Balaban J connectivity index is -0.000000198. The number of esters is 1. The number of nitrogens with two attached hydrogens (primary N) is 4. The quantitative estimate of drug-likeness (QED) is 0.0662. The Bertz CT molecular complexity index is 2580. The number of pyridine rings is 1. The Morgan fingerprint density at radius 3 is 1.47 bits per heavy atom. The number of piperazine rings is 1. The summed E-state index contributed by atoms with van der Waals surface area (Å²) in [5.41, 5.74) is 27.0. The third-order valence-electron chi connectivity index (χ3n) is 18.0. The number of aromatic nitrogens is 1. The number of hydrogen-bond donors (Lipinski definition) is 5. The average Bonchev–Trinajstić information content (AvgIpc) is 1.63. The number of piperidine rings is 1. The highest BCUT2D eigenvalue weighted by molar-refractivity contribution is 5.89. The Morgan fingerprint density at radius 1 is 0.574 bits per heavy atom. The molecular formula is C86H170N12O3. The molecule has 5 aliphatic heterocycles. The molecule has 5 saturated heterocycles. The number of carbonyl (C=O) groups excluding carboxylic acids is 1. The molecule has 15 heteroatoms. The molecule has 9 rings (SSSR count). The van der Waals surface area contributed by atoms with E-state index in [2.05, 4.69) is 194 Å². The summed E-state index contributed by atoms with van der Waals surface area (Å²) in [6.45, 7) is 53.0. The number of nitriles is 1. The van der Waals surface area contributed by atoms with Crippen molar-refractivity contribution < 1.29 is 14.3 Å². The van der Waals surface area contributed by atoms with Gasteiger partial charge in [0, 0.05) is 123 Å². The van der Waals surface area contributed by atoms with Crippen LogP contribution < -0.4 is 33.0 Å². The number of carbonyl (C=O) groups is 1. The number of nitrogens with one attached hydrogen (secondary N) is 1. The fourth-order valence-corrected chi connectivity index (χ4v) is 13.2. The van der Waals surface area contributed by atoms with Gasteiger partial charge in [0.25, 0.3) is 0 Å². The van der Waals surface area contributed by atoms with Crippen molar-refractivity contribution in [3.05, 3.63) is 107 Å². The lowest BCUT2D eigenvalue weighted by Gasteiger charge is -2.37. The van der Waals surface area contributed by atoms with E-state index in [0.29, 0.717) is 71.8 Å². The van der Waals surface area contributed by atoms with Crippen LogP contribution in [0.3, 0.4) is 0 Å². The molecule has 592 valence electrons. The lowest BCUT2D eigenvalue weighted by molar-refractivity contribution is 0.0600. The number of hydrogen-bond acceptors (Lipinski definition) is 15. The van der Waals surface area contributed by atoms with Gasteiger partial charge in [0.2, 0.25) is 0 Å². The lowest BCUT2D eigenvalue weighted by atomic mass is 9.93. The van der Waals surface area contributed by atoms with Crippen molar-refractivity contribution in [2.45, 2.75) is 334 Å². The average molecular weight is 1420 g/mol. The highest BCUT2D eigenvalue weighted by Gasteiger charge is 2.36. The molecule has 15 nitrogen and oxygen atoms in total. The predicted octanol–water partition coefficient (Wildman–Crippen LogP) is 18.7. The summed E-state index contributed by atoms with van der Waals surface area (Å²) in [5, 5.41) is 14.7. The third kappa shape index (κ3) is 42.2. The van der Waals surface area contributed by atoms with E-state index in [9.17, 15) is 4.79 Å². The smallest absolute Gasteiger partial charge is 0.337 e. The molecule has 0 bridgehead atoms. The highest BCUT2D eigenvalue weighted by atomic mass is 16.5. The van der Waals surface area contributed by atoms with Gasteiger partial charge in [-0.05, 0) is 253 Å². The molecule has 5 fully saturated rings. The van der Waals surface area contributed by atoms with Crippen molar-refractivity contribution in [3.63, 3.8) is 0 Å². The monoisotopic (exact) mass is 1420 g/mol. The van der Waals surface area contributed by atoms with E-state index in [1.54, 1.807) is 24.3 Å². The van der Waals surface area contributed by atoms with Crippen molar-refractivity contribution in [2.75, 3.05) is 72.6 Å². The van der Waals surface area contributed by atoms with E-state index >= 15 is 0 Å². The first kappa shape index (κ1) is 110. The normalized spacial score (nSPS) is 18.4. The zero-order valence-corrected chi connectivity index (χ0v) is 62.6. The first-order valence-electron chi connectivity index (χ1n) is 36.1. The van der Waals surface area contributed by atoms with Crippen LogP contribution in [-0.4, -0.2) is 180 Å². The van der Waals surface area contributed by atoms with Gasteiger partial charge in [0.05, 0.1) is 30.4 Å². The Kier molecular flexibility index (Phi) is 64.9. The second-order valence-corrected chi connectivity index (χ2v) is 29.3. The Morgan fingerprint density at radius 2 is 1.04 bits per heavy atom. The van der Waals surface area contributed by atoms with Crippen molar-refractivity contribution in [1.82, 2.24) is 34.8 Å². The van der Waals surface area contributed by atoms with Gasteiger partial charge in [0.1, 0.15) is 5.75 Å². The van der Waals surface area contributed by atoms with E-state index in [-0.39, 0.29) is 77.0 Å². The van der Waals surface area contributed by atoms with Gasteiger partial charge in [-0.3, -0.25) is 29.5 Å². The maximum absolute atomic E-state index is 11.1. The molecule has 3 aromatic carbocycles. The maximum Gasteiger partial charge on any atom is 0.337 e. The van der Waals surface area contributed by atoms with E-state index in [4.69, 9.17) is 32.9 Å². The van der Waals surface area contributed by atoms with Gasteiger partial charge in [0.15, 0.2) is 0 Å². The molecule has 5 atom stereocenters. The number of methoxy groups -OCH3 is 1. The lowest BCUT2D eigenvalue weighted by Crippen LogP contribution is -2.53. The summed E-state index contributed by atoms with van der Waals surface area (Å²) in [6, 6.07) is 33.6. The van der Waals surface area contributed by atoms with Gasteiger partial charge in [-0.1, -0.05) is 136 Å². The molecule has 4 aromatic rings. The van der Waals surface area contributed by atoms with E-state index in [0.717, 1.165) is 61.9 Å². The molecule has 5 aliphatic rings. The summed E-state index contributed by atoms with van der Waals surface area (Å²) < 4.78 is 10.0. The highest BCUT2D eigenvalue weighted by Crippen LogP contribution is 2.28. The van der Waals surface area contributed by atoms with Crippen LogP contribution in [0.5, 0.6) is 5.75 Å². The molecule has 1 aromatic heterocycles. The summed E-state index contributed by atoms with van der Waals surface area (Å²) >= 11 is 0. The molecule has 0 saturated carbocycles. The molecule has 101 heavy (non-hydrogen) atoms. The van der Waals surface area contributed by atoms with Crippen molar-refractivity contribution >= 4 is 16.7 Å². The van der Waals surface area contributed by atoms with Crippen LogP contribution in [0.1, 0.15) is 276 Å². The molecule has 6 heterocycles. The van der Waals surface area contributed by atoms with Crippen LogP contribution in [0.15, 0.2) is 85.1 Å². The summed E-state index contributed by atoms with van der Waals surface area (Å²) in [6.07, 6.45) is 15.9. The van der Waals surface area contributed by atoms with Crippen LogP contribution >= 0.6 is 0 Å². The van der Waals surface area contributed by atoms with Crippen LogP contribution in [-0.2, 0) is 17.6 Å². The summed E-state index contributed by atoms with van der Waals surface area (Å²) in [4.78, 5) is 28.1. The molecule has 0 spiro atoms.